The summed E-state index contributed by atoms with van der Waals surface area (Å²) in [6.07, 6.45) is 0. The quantitative estimate of drug-likeness (QED) is 0.744. The van der Waals surface area contributed by atoms with Crippen LogP contribution in [0.4, 0.5) is 5.82 Å². The number of alkyl halides is 1. The van der Waals surface area contributed by atoms with Gasteiger partial charge in [-0.05, 0) is 38.1 Å². The molecule has 1 aromatic carbocycles. The average molecular weight is 393 g/mol. The van der Waals surface area contributed by atoms with E-state index in [1.54, 1.807) is 0 Å². The van der Waals surface area contributed by atoms with Crippen molar-refractivity contribution in [1.29, 1.82) is 0 Å². The molecule has 26 heavy (non-hydrogen) atoms. The zero-order chi connectivity index (χ0) is 18.7. The van der Waals surface area contributed by atoms with Crippen molar-refractivity contribution in [2.75, 3.05) is 37.0 Å². The third-order valence-corrected chi connectivity index (χ3v) is 5.51. The normalized spacial score (nSPS) is 15.2. The Morgan fingerprint density at radius 2 is 1.69 bits per heavy atom. The third-order valence-electron chi connectivity index (χ3n) is 4.59. The van der Waals surface area contributed by atoms with Crippen molar-refractivity contribution in [1.82, 2.24) is 15.1 Å². The molecule has 5 nitrogen and oxygen atoms in total. The van der Waals surface area contributed by atoms with Gasteiger partial charge >= 0.3 is 0 Å². The molecule has 3 rings (SSSR count). The molecule has 0 spiro atoms. The molecule has 0 radical (unpaired) electrons. The van der Waals surface area contributed by atoms with Gasteiger partial charge in [-0.1, -0.05) is 23.7 Å². The highest BCUT2D eigenvalue weighted by atomic mass is 35.5. The minimum atomic E-state index is -0.524. The van der Waals surface area contributed by atoms with Crippen LogP contribution in [-0.4, -0.2) is 53.1 Å². The topological polar surface area (TPSA) is 49.3 Å². The van der Waals surface area contributed by atoms with Gasteiger partial charge in [-0.25, -0.2) is 0 Å². The number of hydrogen-bond acceptors (Lipinski definition) is 4. The van der Waals surface area contributed by atoms with Crippen molar-refractivity contribution in [3.63, 3.8) is 0 Å². The molecule has 1 amide bonds. The summed E-state index contributed by atoms with van der Waals surface area (Å²) in [5, 5.41) is 9.38. The second-order valence-electron chi connectivity index (χ2n) is 7.08. The van der Waals surface area contributed by atoms with E-state index in [4.69, 9.17) is 23.2 Å². The van der Waals surface area contributed by atoms with E-state index < -0.39 is 5.41 Å². The van der Waals surface area contributed by atoms with E-state index in [0.29, 0.717) is 24.0 Å². The molecule has 7 heteroatoms. The molecular weight excluding hydrogens is 371 g/mol. The molecule has 0 aliphatic carbocycles. The number of hydrogen-bond donors (Lipinski definition) is 0. The van der Waals surface area contributed by atoms with Gasteiger partial charge in [0.2, 0.25) is 5.91 Å². The predicted octanol–water partition coefficient (Wildman–Crippen LogP) is 3.71. The first-order valence-electron chi connectivity index (χ1n) is 8.61. The van der Waals surface area contributed by atoms with Crippen LogP contribution in [0.2, 0.25) is 5.02 Å². The molecule has 2 aromatic rings. The number of halogens is 2. The standard InChI is InChI=1S/C19H22Cl2N4O/c1-19(2,13-20)18(26)25-11-9-24(10-12-25)17-8-7-16(22-23-17)14-3-5-15(21)6-4-14/h3-8H,9-13H2,1-2H3. The van der Waals surface area contributed by atoms with Crippen LogP contribution in [0.1, 0.15) is 13.8 Å². The van der Waals surface area contributed by atoms with Crippen molar-refractivity contribution in [2.45, 2.75) is 13.8 Å². The second-order valence-corrected chi connectivity index (χ2v) is 7.78. The number of piperazine rings is 1. The highest BCUT2D eigenvalue weighted by Crippen LogP contribution is 2.24. The number of aromatic nitrogens is 2. The van der Waals surface area contributed by atoms with Crippen LogP contribution < -0.4 is 4.90 Å². The molecule has 2 heterocycles. The first-order chi connectivity index (χ1) is 12.4. The average Bonchev–Trinajstić information content (AvgIpc) is 2.68. The number of carbonyl (C=O) groups is 1. The first kappa shape index (κ1) is 18.9. The van der Waals surface area contributed by atoms with E-state index in [-0.39, 0.29) is 5.91 Å². The lowest BCUT2D eigenvalue weighted by atomic mass is 9.94. The number of nitrogens with zero attached hydrogens (tertiary/aromatic N) is 4. The fourth-order valence-corrected chi connectivity index (χ4v) is 3.13. The van der Waals surface area contributed by atoms with Gasteiger partial charge in [0.05, 0.1) is 11.1 Å². The van der Waals surface area contributed by atoms with Crippen LogP contribution in [0, 0.1) is 5.41 Å². The molecular formula is C19H22Cl2N4O. The van der Waals surface area contributed by atoms with E-state index in [1.165, 1.54) is 0 Å². The van der Waals surface area contributed by atoms with E-state index in [1.807, 2.05) is 55.1 Å². The molecule has 0 saturated carbocycles. The molecule has 1 fully saturated rings. The van der Waals surface area contributed by atoms with Crippen LogP contribution in [0.5, 0.6) is 0 Å². The Morgan fingerprint density at radius 1 is 1.04 bits per heavy atom. The summed E-state index contributed by atoms with van der Waals surface area (Å²) in [6.45, 7) is 6.57. The molecule has 1 aliphatic rings. The van der Waals surface area contributed by atoms with E-state index in [2.05, 4.69) is 15.1 Å². The Kier molecular flexibility index (Phi) is 5.68. The third kappa shape index (κ3) is 4.10. The van der Waals surface area contributed by atoms with Crippen molar-refractivity contribution in [3.8, 4) is 11.3 Å². The highest BCUT2D eigenvalue weighted by Gasteiger charge is 2.33. The Balaban J connectivity index is 1.63. The Labute approximate surface area is 163 Å². The number of amides is 1. The zero-order valence-electron chi connectivity index (χ0n) is 15.0. The second kappa shape index (κ2) is 7.80. The summed E-state index contributed by atoms with van der Waals surface area (Å²) >= 11 is 11.8. The highest BCUT2D eigenvalue weighted by molar-refractivity contribution is 6.30. The summed E-state index contributed by atoms with van der Waals surface area (Å²) in [4.78, 5) is 16.5. The molecule has 0 unspecified atom stereocenters. The molecule has 0 atom stereocenters. The van der Waals surface area contributed by atoms with E-state index in [0.717, 1.165) is 30.2 Å². The molecule has 138 valence electrons. The molecule has 1 saturated heterocycles. The van der Waals surface area contributed by atoms with Crippen molar-refractivity contribution >= 4 is 34.9 Å². The monoisotopic (exact) mass is 392 g/mol. The van der Waals surface area contributed by atoms with Gasteiger partial charge in [-0.15, -0.1) is 21.8 Å². The lowest BCUT2D eigenvalue weighted by Gasteiger charge is -2.38. The van der Waals surface area contributed by atoms with Crippen LogP contribution in [0.15, 0.2) is 36.4 Å². The fraction of sp³-hybridized carbons (Fsp3) is 0.421. The Bertz CT molecular complexity index is 754. The maximum atomic E-state index is 12.5. The van der Waals surface area contributed by atoms with Crippen molar-refractivity contribution < 1.29 is 4.79 Å². The number of carbonyl (C=O) groups excluding carboxylic acids is 1. The minimum absolute atomic E-state index is 0.108. The smallest absolute Gasteiger partial charge is 0.229 e. The van der Waals surface area contributed by atoms with Crippen molar-refractivity contribution in [2.24, 2.45) is 5.41 Å². The van der Waals surface area contributed by atoms with Gasteiger partial charge in [-0.3, -0.25) is 4.79 Å². The Hall–Kier alpha value is -1.85. The summed E-state index contributed by atoms with van der Waals surface area (Å²) in [5.41, 5.74) is 1.26. The lowest BCUT2D eigenvalue weighted by molar-refractivity contribution is -0.139. The van der Waals surface area contributed by atoms with Gasteiger partial charge in [0, 0.05) is 42.6 Å². The SMILES string of the molecule is CC(C)(CCl)C(=O)N1CCN(c2ccc(-c3ccc(Cl)cc3)nn2)CC1. The summed E-state index contributed by atoms with van der Waals surface area (Å²) in [5.74, 6) is 1.26. The van der Waals surface area contributed by atoms with Crippen LogP contribution in [-0.2, 0) is 4.79 Å². The molecule has 1 aromatic heterocycles. The summed E-state index contributed by atoms with van der Waals surface area (Å²) in [6, 6.07) is 11.5. The lowest BCUT2D eigenvalue weighted by Crippen LogP contribution is -2.52. The largest absolute Gasteiger partial charge is 0.352 e. The number of anilines is 1. The van der Waals surface area contributed by atoms with Crippen LogP contribution in [0.25, 0.3) is 11.3 Å². The minimum Gasteiger partial charge on any atom is -0.352 e. The first-order valence-corrected chi connectivity index (χ1v) is 9.52. The molecule has 0 N–H and O–H groups in total. The summed E-state index contributed by atoms with van der Waals surface area (Å²) in [7, 11) is 0. The fourth-order valence-electron chi connectivity index (χ4n) is 2.89. The predicted molar refractivity (Wildman–Crippen MR) is 106 cm³/mol. The zero-order valence-corrected chi connectivity index (χ0v) is 16.5. The van der Waals surface area contributed by atoms with Gasteiger partial charge in [-0.2, -0.15) is 0 Å². The van der Waals surface area contributed by atoms with Gasteiger partial charge in [0.15, 0.2) is 5.82 Å². The van der Waals surface area contributed by atoms with Gasteiger partial charge < -0.3 is 9.80 Å². The Morgan fingerprint density at radius 3 is 2.23 bits per heavy atom. The van der Waals surface area contributed by atoms with Crippen LogP contribution in [0.3, 0.4) is 0 Å². The maximum Gasteiger partial charge on any atom is 0.229 e. The molecule has 1 aliphatic heterocycles. The number of rotatable bonds is 4. The van der Waals surface area contributed by atoms with Crippen LogP contribution >= 0.6 is 23.2 Å². The maximum absolute atomic E-state index is 12.5. The van der Waals surface area contributed by atoms with E-state index >= 15 is 0 Å². The molecule has 0 bridgehead atoms. The number of benzene rings is 1. The summed E-state index contributed by atoms with van der Waals surface area (Å²) < 4.78 is 0. The van der Waals surface area contributed by atoms with Gasteiger partial charge in [0.1, 0.15) is 0 Å². The van der Waals surface area contributed by atoms with Gasteiger partial charge in [0.25, 0.3) is 0 Å². The van der Waals surface area contributed by atoms with E-state index in [9.17, 15) is 4.79 Å². The van der Waals surface area contributed by atoms with Crippen molar-refractivity contribution in [3.05, 3.63) is 41.4 Å².